The van der Waals surface area contributed by atoms with E-state index >= 15 is 0 Å². The molecule has 3 rings (SSSR count). The van der Waals surface area contributed by atoms with Crippen molar-refractivity contribution in [1.82, 2.24) is 4.90 Å². The van der Waals surface area contributed by atoms with E-state index in [-0.39, 0.29) is 17.2 Å². The highest BCUT2D eigenvalue weighted by Gasteiger charge is 2.36. The first-order valence-corrected chi connectivity index (χ1v) is 9.94. The smallest absolute Gasteiger partial charge is 0.231 e. The molecule has 4 nitrogen and oxygen atoms in total. The van der Waals surface area contributed by atoms with Crippen LogP contribution in [-0.4, -0.2) is 37.3 Å². The van der Waals surface area contributed by atoms with Crippen LogP contribution in [0, 0.1) is 0 Å². The third kappa shape index (κ3) is 3.54. The lowest BCUT2D eigenvalue weighted by molar-refractivity contribution is -0.133. The quantitative estimate of drug-likeness (QED) is 0.751. The Balaban J connectivity index is 1.92. The number of nitrogens with zero attached hydrogens (tertiary/aromatic N) is 1. The SMILES string of the molecule is CC[C@@H](C(=O)N1CCS[C@@H]1c1cccc(OC)c1OC)c1ccccc1. The van der Waals surface area contributed by atoms with Crippen LogP contribution in [0.2, 0.25) is 0 Å². The average Bonchev–Trinajstić information content (AvgIpc) is 3.18. The number of ether oxygens (including phenoxy) is 2. The van der Waals surface area contributed by atoms with Crippen LogP contribution in [0.15, 0.2) is 48.5 Å². The molecule has 0 unspecified atom stereocenters. The molecule has 0 aromatic heterocycles. The van der Waals surface area contributed by atoms with Gasteiger partial charge in [0.05, 0.1) is 20.1 Å². The lowest BCUT2D eigenvalue weighted by atomic mass is 9.94. The molecule has 2 aromatic carbocycles. The highest BCUT2D eigenvalue weighted by Crippen LogP contribution is 2.46. The number of hydrogen-bond acceptors (Lipinski definition) is 4. The van der Waals surface area contributed by atoms with Crippen LogP contribution in [0.1, 0.15) is 35.8 Å². The maximum absolute atomic E-state index is 13.4. The summed E-state index contributed by atoms with van der Waals surface area (Å²) < 4.78 is 11.0. The maximum atomic E-state index is 13.4. The average molecular weight is 372 g/mol. The van der Waals surface area contributed by atoms with Gasteiger partial charge in [-0.3, -0.25) is 4.79 Å². The van der Waals surface area contributed by atoms with E-state index in [4.69, 9.17) is 9.47 Å². The highest BCUT2D eigenvalue weighted by molar-refractivity contribution is 7.99. The lowest BCUT2D eigenvalue weighted by Gasteiger charge is -2.29. The van der Waals surface area contributed by atoms with Gasteiger partial charge in [0.1, 0.15) is 5.37 Å². The molecule has 138 valence electrons. The fourth-order valence-corrected chi connectivity index (χ4v) is 4.78. The van der Waals surface area contributed by atoms with Crippen LogP contribution in [0.25, 0.3) is 0 Å². The fourth-order valence-electron chi connectivity index (χ4n) is 3.50. The number of methoxy groups -OCH3 is 2. The first kappa shape index (κ1) is 18.6. The van der Waals surface area contributed by atoms with Crippen molar-refractivity contribution in [2.75, 3.05) is 26.5 Å². The number of benzene rings is 2. The number of hydrogen-bond donors (Lipinski definition) is 0. The summed E-state index contributed by atoms with van der Waals surface area (Å²) in [5.74, 6) is 2.38. The van der Waals surface area contributed by atoms with Crippen LogP contribution >= 0.6 is 11.8 Å². The number of thioether (sulfide) groups is 1. The summed E-state index contributed by atoms with van der Waals surface area (Å²) >= 11 is 1.77. The Kier molecular flexibility index (Phi) is 6.09. The van der Waals surface area contributed by atoms with E-state index in [1.807, 2.05) is 53.4 Å². The zero-order chi connectivity index (χ0) is 18.5. The predicted molar refractivity (Wildman–Crippen MR) is 106 cm³/mol. The predicted octanol–water partition coefficient (Wildman–Crippen LogP) is 4.47. The van der Waals surface area contributed by atoms with Crippen molar-refractivity contribution in [1.29, 1.82) is 0 Å². The molecule has 2 aromatic rings. The normalized spacial score (nSPS) is 17.8. The summed E-state index contributed by atoms with van der Waals surface area (Å²) in [5.41, 5.74) is 2.07. The molecule has 0 bridgehead atoms. The standard InChI is InChI=1S/C21H25NO3S/c1-4-16(15-9-6-5-7-10-15)20(23)22-13-14-26-21(22)17-11-8-12-18(24-2)19(17)25-3/h5-12,16,21H,4,13-14H2,1-3H3/t16-,21-/m1/s1. The molecular formula is C21H25NO3S. The Morgan fingerprint density at radius 1 is 1.15 bits per heavy atom. The van der Waals surface area contributed by atoms with Crippen LogP contribution < -0.4 is 9.47 Å². The summed E-state index contributed by atoms with van der Waals surface area (Å²) in [6.07, 6.45) is 0.784. The van der Waals surface area contributed by atoms with Gasteiger partial charge in [-0.2, -0.15) is 0 Å². The van der Waals surface area contributed by atoms with Gasteiger partial charge in [-0.25, -0.2) is 0 Å². The van der Waals surface area contributed by atoms with Crippen molar-refractivity contribution in [3.05, 3.63) is 59.7 Å². The van der Waals surface area contributed by atoms with Crippen molar-refractivity contribution in [3.63, 3.8) is 0 Å². The molecule has 2 atom stereocenters. The second-order valence-corrected chi connectivity index (χ2v) is 7.40. The maximum Gasteiger partial charge on any atom is 0.231 e. The number of para-hydroxylation sites is 1. The van der Waals surface area contributed by atoms with E-state index in [1.165, 1.54) is 0 Å². The minimum atomic E-state index is -0.117. The molecule has 1 amide bonds. The number of amides is 1. The van der Waals surface area contributed by atoms with Crippen molar-refractivity contribution >= 4 is 17.7 Å². The first-order chi connectivity index (χ1) is 12.7. The van der Waals surface area contributed by atoms with Crippen molar-refractivity contribution < 1.29 is 14.3 Å². The Labute approximate surface area is 159 Å². The van der Waals surface area contributed by atoms with Gasteiger partial charge in [-0.15, -0.1) is 11.8 Å². The summed E-state index contributed by atoms with van der Waals surface area (Å²) in [6.45, 7) is 2.82. The summed E-state index contributed by atoms with van der Waals surface area (Å²) in [5, 5.41) is -0.0506. The topological polar surface area (TPSA) is 38.8 Å². The van der Waals surface area contributed by atoms with Crippen LogP contribution in [0.5, 0.6) is 11.5 Å². The molecule has 1 heterocycles. The van der Waals surface area contributed by atoms with Gasteiger partial charge < -0.3 is 14.4 Å². The molecule has 0 aliphatic carbocycles. The largest absolute Gasteiger partial charge is 0.493 e. The zero-order valence-corrected chi connectivity index (χ0v) is 16.3. The fraction of sp³-hybridized carbons (Fsp3) is 0.381. The lowest BCUT2D eigenvalue weighted by Crippen LogP contribution is -2.34. The van der Waals surface area contributed by atoms with E-state index in [1.54, 1.807) is 26.0 Å². The van der Waals surface area contributed by atoms with E-state index in [0.29, 0.717) is 11.5 Å². The van der Waals surface area contributed by atoms with Gasteiger partial charge in [-0.1, -0.05) is 49.4 Å². The van der Waals surface area contributed by atoms with Gasteiger partial charge >= 0.3 is 0 Å². The third-order valence-corrected chi connectivity index (χ3v) is 6.02. The van der Waals surface area contributed by atoms with Gasteiger partial charge in [0.25, 0.3) is 0 Å². The molecule has 0 N–H and O–H groups in total. The van der Waals surface area contributed by atoms with Gasteiger partial charge in [0, 0.05) is 17.9 Å². The minimum absolute atomic E-state index is 0.0506. The van der Waals surface area contributed by atoms with E-state index in [2.05, 4.69) is 6.92 Å². The monoisotopic (exact) mass is 371 g/mol. The summed E-state index contributed by atoms with van der Waals surface area (Å²) in [6, 6.07) is 15.9. The number of carbonyl (C=O) groups excluding carboxylic acids is 1. The molecule has 1 fully saturated rings. The Morgan fingerprint density at radius 3 is 2.58 bits per heavy atom. The van der Waals surface area contributed by atoms with Crippen LogP contribution in [-0.2, 0) is 4.79 Å². The van der Waals surface area contributed by atoms with Crippen LogP contribution in [0.4, 0.5) is 0 Å². The molecule has 1 saturated heterocycles. The summed E-state index contributed by atoms with van der Waals surface area (Å²) in [7, 11) is 3.28. The van der Waals surface area contributed by atoms with Gasteiger partial charge in [-0.05, 0) is 18.1 Å². The van der Waals surface area contributed by atoms with E-state index in [9.17, 15) is 4.79 Å². The first-order valence-electron chi connectivity index (χ1n) is 8.89. The molecule has 0 radical (unpaired) electrons. The molecule has 26 heavy (non-hydrogen) atoms. The second kappa shape index (κ2) is 8.49. The van der Waals surface area contributed by atoms with Crippen LogP contribution in [0.3, 0.4) is 0 Å². The molecule has 1 aliphatic heterocycles. The van der Waals surface area contributed by atoms with Crippen molar-refractivity contribution in [2.45, 2.75) is 24.6 Å². The summed E-state index contributed by atoms with van der Waals surface area (Å²) in [4.78, 5) is 15.3. The van der Waals surface area contributed by atoms with Crippen molar-refractivity contribution in [2.24, 2.45) is 0 Å². The van der Waals surface area contributed by atoms with E-state index in [0.717, 1.165) is 29.8 Å². The molecule has 5 heteroatoms. The molecule has 0 spiro atoms. The third-order valence-electron chi connectivity index (χ3n) is 4.78. The molecular weight excluding hydrogens is 346 g/mol. The Bertz CT molecular complexity index is 750. The van der Waals surface area contributed by atoms with Gasteiger partial charge in [0.2, 0.25) is 5.91 Å². The Hall–Kier alpha value is -2.14. The van der Waals surface area contributed by atoms with Crippen molar-refractivity contribution in [3.8, 4) is 11.5 Å². The number of rotatable bonds is 6. The molecule has 1 aliphatic rings. The number of carbonyl (C=O) groups is 1. The minimum Gasteiger partial charge on any atom is -0.493 e. The molecule has 0 saturated carbocycles. The van der Waals surface area contributed by atoms with Gasteiger partial charge in [0.15, 0.2) is 11.5 Å². The van der Waals surface area contributed by atoms with E-state index < -0.39 is 0 Å². The zero-order valence-electron chi connectivity index (χ0n) is 15.5. The Morgan fingerprint density at radius 2 is 1.92 bits per heavy atom. The second-order valence-electron chi connectivity index (χ2n) is 6.21. The highest BCUT2D eigenvalue weighted by atomic mass is 32.2.